The summed E-state index contributed by atoms with van der Waals surface area (Å²) in [7, 11) is 1.34. The molecule has 1 aliphatic heterocycles. The SMILES string of the molecule is COC(=O)C1=C(C)N(CCC2=CCCCC2)C(=O)/C1=C\c1cc(C)n(-c2cccc(Cl)c2Cl)c1C. The van der Waals surface area contributed by atoms with E-state index in [0.717, 1.165) is 41.9 Å². The maximum absolute atomic E-state index is 13.5. The van der Waals surface area contributed by atoms with E-state index < -0.39 is 5.97 Å². The highest BCUT2D eigenvalue weighted by molar-refractivity contribution is 6.43. The van der Waals surface area contributed by atoms with Crippen LogP contribution in [0.1, 0.15) is 56.0 Å². The third kappa shape index (κ3) is 4.85. The first-order valence-corrected chi connectivity index (χ1v) is 12.6. The number of rotatable bonds is 6. The second-order valence-electron chi connectivity index (χ2n) is 9.06. The minimum Gasteiger partial charge on any atom is -0.465 e. The number of hydrogen-bond acceptors (Lipinski definition) is 3. The standard InChI is InChI=1S/C28H30Cl2N2O3/c1-17-15-21(18(2)32(17)24-12-8-11-23(29)26(24)30)16-22-25(28(34)35-4)19(3)31(27(22)33)14-13-20-9-6-5-7-10-20/h8-9,11-12,15-16H,5-7,10,13-14H2,1-4H3/b22-16-. The molecule has 1 aliphatic carbocycles. The van der Waals surface area contributed by atoms with E-state index in [1.165, 1.54) is 25.5 Å². The van der Waals surface area contributed by atoms with Gasteiger partial charge < -0.3 is 14.2 Å². The number of aryl methyl sites for hydroxylation is 1. The van der Waals surface area contributed by atoms with Crippen molar-refractivity contribution in [3.63, 3.8) is 0 Å². The summed E-state index contributed by atoms with van der Waals surface area (Å²) in [6, 6.07) is 7.47. The first-order valence-electron chi connectivity index (χ1n) is 11.9. The Kier molecular flexibility index (Phi) is 7.58. The van der Waals surface area contributed by atoms with Gasteiger partial charge in [-0.1, -0.05) is 40.9 Å². The number of amides is 1. The number of carbonyl (C=O) groups excluding carboxylic acids is 2. The summed E-state index contributed by atoms with van der Waals surface area (Å²) in [5.74, 6) is -0.682. The number of nitrogens with zero attached hydrogens (tertiary/aromatic N) is 2. The minimum atomic E-state index is -0.506. The average Bonchev–Trinajstić information content (AvgIpc) is 3.25. The van der Waals surface area contributed by atoms with E-state index in [1.807, 2.05) is 43.5 Å². The lowest BCUT2D eigenvalue weighted by Crippen LogP contribution is -2.26. The molecule has 0 atom stereocenters. The highest BCUT2D eigenvalue weighted by Gasteiger charge is 2.37. The number of carbonyl (C=O) groups is 2. The quantitative estimate of drug-likeness (QED) is 0.238. The van der Waals surface area contributed by atoms with Crippen LogP contribution in [-0.2, 0) is 14.3 Å². The molecular weight excluding hydrogens is 483 g/mol. The van der Waals surface area contributed by atoms with Crippen LogP contribution in [0.15, 0.2) is 52.8 Å². The van der Waals surface area contributed by atoms with Crippen molar-refractivity contribution in [2.24, 2.45) is 0 Å². The number of ether oxygens (including phenoxy) is 1. The van der Waals surface area contributed by atoms with E-state index in [0.29, 0.717) is 33.4 Å². The number of allylic oxidation sites excluding steroid dienone is 2. The average molecular weight is 513 g/mol. The maximum atomic E-state index is 13.5. The van der Waals surface area contributed by atoms with Gasteiger partial charge in [0.15, 0.2) is 0 Å². The molecule has 2 aromatic rings. The van der Waals surface area contributed by atoms with Crippen LogP contribution in [0.5, 0.6) is 0 Å². The van der Waals surface area contributed by atoms with Gasteiger partial charge in [-0.15, -0.1) is 0 Å². The molecule has 0 spiro atoms. The van der Waals surface area contributed by atoms with Gasteiger partial charge in [-0.3, -0.25) is 4.79 Å². The second kappa shape index (κ2) is 10.5. The predicted molar refractivity (Wildman–Crippen MR) is 141 cm³/mol. The number of halogens is 2. The molecule has 0 saturated carbocycles. The fourth-order valence-corrected chi connectivity index (χ4v) is 5.39. The van der Waals surface area contributed by atoms with E-state index >= 15 is 0 Å². The summed E-state index contributed by atoms with van der Waals surface area (Å²) in [6.07, 6.45) is 9.49. The van der Waals surface area contributed by atoms with E-state index in [2.05, 4.69) is 6.08 Å². The topological polar surface area (TPSA) is 51.5 Å². The molecule has 1 aromatic heterocycles. The Balaban J connectivity index is 1.72. The summed E-state index contributed by atoms with van der Waals surface area (Å²) in [5.41, 5.74) is 6.11. The highest BCUT2D eigenvalue weighted by Crippen LogP contribution is 2.36. The van der Waals surface area contributed by atoms with Gasteiger partial charge in [0, 0.05) is 23.6 Å². The summed E-state index contributed by atoms with van der Waals surface area (Å²) >= 11 is 12.7. The fraction of sp³-hybridized carbons (Fsp3) is 0.357. The first-order chi connectivity index (χ1) is 16.7. The van der Waals surface area contributed by atoms with E-state index in [-0.39, 0.29) is 5.91 Å². The third-order valence-electron chi connectivity index (χ3n) is 6.88. The maximum Gasteiger partial charge on any atom is 0.340 e. The van der Waals surface area contributed by atoms with Crippen LogP contribution in [0.4, 0.5) is 0 Å². The molecule has 0 saturated heterocycles. The van der Waals surface area contributed by atoms with E-state index in [4.69, 9.17) is 27.9 Å². The van der Waals surface area contributed by atoms with Crippen molar-refractivity contribution < 1.29 is 14.3 Å². The summed E-state index contributed by atoms with van der Waals surface area (Å²) in [5, 5.41) is 0.930. The number of hydrogen-bond donors (Lipinski definition) is 0. The molecule has 184 valence electrons. The summed E-state index contributed by atoms with van der Waals surface area (Å²) in [4.78, 5) is 28.0. The third-order valence-corrected chi connectivity index (χ3v) is 7.69. The van der Waals surface area contributed by atoms with Gasteiger partial charge in [0.1, 0.15) is 0 Å². The van der Waals surface area contributed by atoms with Crippen LogP contribution in [0.2, 0.25) is 10.0 Å². The zero-order valence-corrected chi connectivity index (χ0v) is 22.1. The van der Waals surface area contributed by atoms with Crippen molar-refractivity contribution in [2.75, 3.05) is 13.7 Å². The van der Waals surface area contributed by atoms with Crippen molar-refractivity contribution >= 4 is 41.2 Å². The van der Waals surface area contributed by atoms with Crippen molar-refractivity contribution in [1.29, 1.82) is 0 Å². The van der Waals surface area contributed by atoms with Gasteiger partial charge in [0.2, 0.25) is 0 Å². The van der Waals surface area contributed by atoms with E-state index in [1.54, 1.807) is 17.0 Å². The minimum absolute atomic E-state index is 0.176. The molecule has 35 heavy (non-hydrogen) atoms. The van der Waals surface area contributed by atoms with Crippen molar-refractivity contribution in [2.45, 2.75) is 52.9 Å². The second-order valence-corrected chi connectivity index (χ2v) is 9.84. The lowest BCUT2D eigenvalue weighted by atomic mass is 9.97. The van der Waals surface area contributed by atoms with Crippen LogP contribution in [0, 0.1) is 13.8 Å². The Hall–Kier alpha value is -2.76. The molecule has 2 heterocycles. The molecule has 0 N–H and O–H groups in total. The summed E-state index contributed by atoms with van der Waals surface area (Å²) < 4.78 is 7.06. The van der Waals surface area contributed by atoms with Crippen LogP contribution < -0.4 is 0 Å². The number of methoxy groups -OCH3 is 1. The molecule has 4 rings (SSSR count). The fourth-order valence-electron chi connectivity index (χ4n) is 5.01. The molecule has 5 nitrogen and oxygen atoms in total. The Morgan fingerprint density at radius 2 is 1.94 bits per heavy atom. The van der Waals surface area contributed by atoms with E-state index in [9.17, 15) is 9.59 Å². The van der Waals surface area contributed by atoms with Crippen molar-refractivity contribution in [3.05, 3.63) is 79.8 Å². The Morgan fingerprint density at radius 3 is 2.63 bits per heavy atom. The van der Waals surface area contributed by atoms with Gasteiger partial charge in [0.05, 0.1) is 34.0 Å². The molecule has 0 fully saturated rings. The van der Waals surface area contributed by atoms with Gasteiger partial charge in [-0.2, -0.15) is 0 Å². The molecule has 0 radical (unpaired) electrons. The molecule has 0 unspecified atom stereocenters. The zero-order chi connectivity index (χ0) is 25.3. The van der Waals surface area contributed by atoms with Crippen LogP contribution in [0.25, 0.3) is 11.8 Å². The van der Waals surface area contributed by atoms with Crippen molar-refractivity contribution in [1.82, 2.24) is 9.47 Å². The normalized spacial score (nSPS) is 17.4. The zero-order valence-electron chi connectivity index (χ0n) is 20.6. The molecular formula is C28H30Cl2N2O3. The van der Waals surface area contributed by atoms with Crippen molar-refractivity contribution in [3.8, 4) is 5.69 Å². The molecule has 7 heteroatoms. The number of aromatic nitrogens is 1. The summed E-state index contributed by atoms with van der Waals surface area (Å²) in [6.45, 7) is 6.29. The molecule has 0 bridgehead atoms. The monoisotopic (exact) mass is 512 g/mol. The first kappa shape index (κ1) is 25.3. The predicted octanol–water partition coefficient (Wildman–Crippen LogP) is 6.96. The van der Waals surface area contributed by atoms with Crippen LogP contribution in [-0.4, -0.2) is 35.0 Å². The lowest BCUT2D eigenvalue weighted by Gasteiger charge is -2.20. The molecule has 1 aromatic carbocycles. The van der Waals surface area contributed by atoms with Crippen LogP contribution >= 0.6 is 23.2 Å². The van der Waals surface area contributed by atoms with Gasteiger partial charge in [-0.05, 0) is 82.7 Å². The lowest BCUT2D eigenvalue weighted by molar-refractivity contribution is -0.136. The number of esters is 1. The van der Waals surface area contributed by atoms with Gasteiger partial charge >= 0.3 is 5.97 Å². The molecule has 1 amide bonds. The van der Waals surface area contributed by atoms with Gasteiger partial charge in [-0.25, -0.2) is 4.79 Å². The Labute approximate surface area is 216 Å². The highest BCUT2D eigenvalue weighted by atomic mass is 35.5. The number of benzene rings is 1. The largest absolute Gasteiger partial charge is 0.465 e. The Morgan fingerprint density at radius 1 is 1.17 bits per heavy atom. The van der Waals surface area contributed by atoms with Crippen LogP contribution in [0.3, 0.4) is 0 Å². The smallest absolute Gasteiger partial charge is 0.340 e. The Bertz CT molecular complexity index is 1280. The van der Waals surface area contributed by atoms with Gasteiger partial charge in [0.25, 0.3) is 5.91 Å². The molecule has 2 aliphatic rings.